The van der Waals surface area contributed by atoms with E-state index in [9.17, 15) is 4.39 Å². The standard InChI is InChI=1S/C14H12FN3OS/c1-19-13-6-12(9(15)5-10(13)16)18-8-2-3-11-14(4-8)20-7-17-11/h2-7,18H,16H2,1H3. The molecule has 3 aromatic rings. The molecular formula is C14H12FN3OS. The van der Waals surface area contributed by atoms with E-state index in [0.29, 0.717) is 11.4 Å². The Labute approximate surface area is 119 Å². The topological polar surface area (TPSA) is 60.2 Å². The van der Waals surface area contributed by atoms with Crippen LogP contribution in [0, 0.1) is 5.82 Å². The van der Waals surface area contributed by atoms with E-state index in [1.165, 1.54) is 24.5 Å². The minimum absolute atomic E-state index is 0.272. The van der Waals surface area contributed by atoms with Crippen LogP contribution in [0.15, 0.2) is 35.8 Å². The number of fused-ring (bicyclic) bond motifs is 1. The van der Waals surface area contributed by atoms with Gasteiger partial charge in [0.25, 0.3) is 0 Å². The summed E-state index contributed by atoms with van der Waals surface area (Å²) in [6.45, 7) is 0. The minimum Gasteiger partial charge on any atom is -0.495 e. The molecular weight excluding hydrogens is 277 g/mol. The molecule has 0 atom stereocenters. The third kappa shape index (κ3) is 2.25. The Bertz CT molecular complexity index is 772. The van der Waals surface area contributed by atoms with Crippen LogP contribution in [0.5, 0.6) is 5.75 Å². The average Bonchev–Trinajstić information content (AvgIpc) is 2.89. The van der Waals surface area contributed by atoms with Gasteiger partial charge >= 0.3 is 0 Å². The lowest BCUT2D eigenvalue weighted by Crippen LogP contribution is -1.98. The van der Waals surface area contributed by atoms with Crippen LogP contribution in [0.3, 0.4) is 0 Å². The van der Waals surface area contributed by atoms with Gasteiger partial charge in [-0.3, -0.25) is 0 Å². The second-order valence-electron chi connectivity index (χ2n) is 4.23. The number of benzene rings is 2. The Morgan fingerprint density at radius 2 is 2.15 bits per heavy atom. The van der Waals surface area contributed by atoms with E-state index in [4.69, 9.17) is 10.5 Å². The Morgan fingerprint density at radius 1 is 1.30 bits per heavy atom. The summed E-state index contributed by atoms with van der Waals surface area (Å²) < 4.78 is 20.0. The van der Waals surface area contributed by atoms with E-state index in [2.05, 4.69) is 10.3 Å². The molecule has 3 N–H and O–H groups in total. The molecule has 1 heterocycles. The number of nitrogens with zero attached hydrogens (tertiary/aromatic N) is 1. The molecule has 2 aromatic carbocycles. The van der Waals surface area contributed by atoms with Gasteiger partial charge in [-0.25, -0.2) is 9.37 Å². The predicted molar refractivity (Wildman–Crippen MR) is 80.3 cm³/mol. The number of ether oxygens (including phenoxy) is 1. The van der Waals surface area contributed by atoms with Crippen molar-refractivity contribution in [1.82, 2.24) is 4.98 Å². The van der Waals surface area contributed by atoms with E-state index in [0.717, 1.165) is 15.9 Å². The van der Waals surface area contributed by atoms with E-state index in [1.54, 1.807) is 11.6 Å². The summed E-state index contributed by atoms with van der Waals surface area (Å²) in [5, 5.41) is 3.02. The maximum atomic E-state index is 13.9. The number of halogens is 1. The first-order valence-electron chi connectivity index (χ1n) is 5.90. The molecule has 0 bridgehead atoms. The van der Waals surface area contributed by atoms with E-state index < -0.39 is 5.82 Å². The molecule has 0 unspecified atom stereocenters. The molecule has 20 heavy (non-hydrogen) atoms. The van der Waals surface area contributed by atoms with E-state index in [1.807, 2.05) is 18.2 Å². The molecule has 3 rings (SSSR count). The number of nitrogens with one attached hydrogen (secondary N) is 1. The van der Waals surface area contributed by atoms with Gasteiger partial charge in [0, 0.05) is 17.8 Å². The quantitative estimate of drug-likeness (QED) is 0.721. The highest BCUT2D eigenvalue weighted by Crippen LogP contribution is 2.31. The molecule has 0 saturated carbocycles. The van der Waals surface area contributed by atoms with Gasteiger partial charge in [0.2, 0.25) is 0 Å². The van der Waals surface area contributed by atoms with Crippen molar-refractivity contribution in [2.45, 2.75) is 0 Å². The van der Waals surface area contributed by atoms with Crippen LogP contribution < -0.4 is 15.8 Å². The fourth-order valence-corrected chi connectivity index (χ4v) is 2.65. The van der Waals surface area contributed by atoms with E-state index >= 15 is 0 Å². The van der Waals surface area contributed by atoms with Crippen LogP contribution >= 0.6 is 11.3 Å². The summed E-state index contributed by atoms with van der Waals surface area (Å²) in [4.78, 5) is 4.20. The molecule has 4 nitrogen and oxygen atoms in total. The largest absolute Gasteiger partial charge is 0.495 e. The van der Waals surface area contributed by atoms with Gasteiger partial charge < -0.3 is 15.8 Å². The zero-order chi connectivity index (χ0) is 14.1. The molecule has 0 radical (unpaired) electrons. The van der Waals surface area contributed by atoms with Gasteiger partial charge in [-0.2, -0.15) is 0 Å². The monoisotopic (exact) mass is 289 g/mol. The maximum absolute atomic E-state index is 13.9. The zero-order valence-electron chi connectivity index (χ0n) is 10.7. The second kappa shape index (κ2) is 4.97. The van der Waals surface area contributed by atoms with Crippen molar-refractivity contribution in [3.8, 4) is 5.75 Å². The van der Waals surface area contributed by atoms with Gasteiger partial charge in [-0.05, 0) is 18.2 Å². The number of thiazole rings is 1. The number of hydrogen-bond acceptors (Lipinski definition) is 5. The summed E-state index contributed by atoms with van der Waals surface area (Å²) in [6, 6.07) is 8.45. The van der Waals surface area contributed by atoms with Crippen LogP contribution in [-0.2, 0) is 0 Å². The molecule has 0 aliphatic carbocycles. The predicted octanol–water partition coefficient (Wildman–Crippen LogP) is 3.77. The maximum Gasteiger partial charge on any atom is 0.148 e. The van der Waals surface area contributed by atoms with Crippen LogP contribution in [-0.4, -0.2) is 12.1 Å². The molecule has 0 spiro atoms. The highest BCUT2D eigenvalue weighted by atomic mass is 32.1. The van der Waals surface area contributed by atoms with Gasteiger partial charge in [0.15, 0.2) is 0 Å². The first-order chi connectivity index (χ1) is 9.67. The highest BCUT2D eigenvalue weighted by molar-refractivity contribution is 7.16. The number of anilines is 3. The molecule has 102 valence electrons. The van der Waals surface area contributed by atoms with Crippen molar-refractivity contribution in [2.75, 3.05) is 18.2 Å². The Kier molecular flexibility index (Phi) is 3.15. The normalized spacial score (nSPS) is 10.7. The van der Waals surface area contributed by atoms with Crippen molar-refractivity contribution < 1.29 is 9.13 Å². The van der Waals surface area contributed by atoms with Gasteiger partial charge in [-0.1, -0.05) is 0 Å². The molecule has 0 amide bonds. The lowest BCUT2D eigenvalue weighted by Gasteiger charge is -2.11. The Hall–Kier alpha value is -2.34. The van der Waals surface area contributed by atoms with Gasteiger partial charge in [-0.15, -0.1) is 11.3 Å². The zero-order valence-corrected chi connectivity index (χ0v) is 11.5. The lowest BCUT2D eigenvalue weighted by molar-refractivity contribution is 0.416. The first-order valence-corrected chi connectivity index (χ1v) is 6.78. The summed E-state index contributed by atoms with van der Waals surface area (Å²) >= 11 is 1.54. The third-order valence-corrected chi connectivity index (χ3v) is 3.72. The molecule has 0 saturated heterocycles. The summed E-state index contributed by atoms with van der Waals surface area (Å²) in [5.41, 5.74) is 9.74. The van der Waals surface area contributed by atoms with Crippen LogP contribution in [0.2, 0.25) is 0 Å². The van der Waals surface area contributed by atoms with Gasteiger partial charge in [0.05, 0.1) is 34.2 Å². The second-order valence-corrected chi connectivity index (χ2v) is 5.12. The highest BCUT2D eigenvalue weighted by Gasteiger charge is 2.09. The van der Waals surface area contributed by atoms with Crippen LogP contribution in [0.4, 0.5) is 21.5 Å². The fraction of sp³-hybridized carbons (Fsp3) is 0.0714. The summed E-state index contributed by atoms with van der Waals surface area (Å²) in [5.74, 6) is 0.0143. The van der Waals surface area contributed by atoms with Crippen molar-refractivity contribution in [2.24, 2.45) is 0 Å². The number of nitrogens with two attached hydrogens (primary N) is 1. The van der Waals surface area contributed by atoms with Crippen molar-refractivity contribution in [1.29, 1.82) is 0 Å². The number of methoxy groups -OCH3 is 1. The van der Waals surface area contributed by atoms with Crippen LogP contribution in [0.1, 0.15) is 0 Å². The molecule has 0 aliphatic heterocycles. The van der Waals surface area contributed by atoms with Crippen molar-refractivity contribution in [3.63, 3.8) is 0 Å². The Balaban J connectivity index is 1.97. The summed E-state index contributed by atoms with van der Waals surface area (Å²) in [6.07, 6.45) is 0. The van der Waals surface area contributed by atoms with Crippen molar-refractivity contribution >= 4 is 38.6 Å². The summed E-state index contributed by atoms with van der Waals surface area (Å²) in [7, 11) is 1.50. The number of aromatic nitrogens is 1. The third-order valence-electron chi connectivity index (χ3n) is 2.93. The number of rotatable bonds is 3. The lowest BCUT2D eigenvalue weighted by atomic mass is 10.2. The van der Waals surface area contributed by atoms with Crippen LogP contribution in [0.25, 0.3) is 10.2 Å². The fourth-order valence-electron chi connectivity index (χ4n) is 1.93. The first kappa shape index (κ1) is 12.7. The molecule has 0 aliphatic rings. The number of nitrogen functional groups attached to an aromatic ring is 1. The number of hydrogen-bond donors (Lipinski definition) is 2. The van der Waals surface area contributed by atoms with Crippen molar-refractivity contribution in [3.05, 3.63) is 41.7 Å². The van der Waals surface area contributed by atoms with E-state index in [-0.39, 0.29) is 5.69 Å². The SMILES string of the molecule is COc1cc(Nc2ccc3ncsc3c2)c(F)cc1N. The minimum atomic E-state index is -0.423. The Morgan fingerprint density at radius 3 is 2.95 bits per heavy atom. The average molecular weight is 289 g/mol. The van der Waals surface area contributed by atoms with Gasteiger partial charge in [0.1, 0.15) is 11.6 Å². The molecule has 1 aromatic heterocycles. The smallest absolute Gasteiger partial charge is 0.148 e. The molecule has 6 heteroatoms. The molecule has 0 fully saturated rings.